The highest BCUT2D eigenvalue weighted by Gasteiger charge is 2.22. The number of sulfonamides is 1. The second kappa shape index (κ2) is 8.44. The highest BCUT2D eigenvalue weighted by molar-refractivity contribution is 7.89. The van der Waals surface area contributed by atoms with Gasteiger partial charge in [-0.1, -0.05) is 41.9 Å². The summed E-state index contributed by atoms with van der Waals surface area (Å²) in [5.74, 6) is -0.433. The van der Waals surface area contributed by atoms with Crippen molar-refractivity contribution >= 4 is 27.6 Å². The van der Waals surface area contributed by atoms with Crippen molar-refractivity contribution in [3.8, 4) is 0 Å². The Morgan fingerprint density at radius 1 is 1.20 bits per heavy atom. The molecule has 0 saturated heterocycles. The van der Waals surface area contributed by atoms with Gasteiger partial charge in [-0.05, 0) is 35.7 Å². The lowest BCUT2D eigenvalue weighted by Crippen LogP contribution is -2.31. The molecule has 0 aromatic heterocycles. The van der Waals surface area contributed by atoms with Crippen molar-refractivity contribution in [2.75, 3.05) is 13.7 Å². The molecule has 2 aromatic carbocycles. The molecule has 1 atom stereocenters. The van der Waals surface area contributed by atoms with E-state index < -0.39 is 22.0 Å². The predicted octanol–water partition coefficient (Wildman–Crippen LogP) is 2.03. The van der Waals surface area contributed by atoms with E-state index in [1.807, 2.05) is 0 Å². The lowest BCUT2D eigenvalue weighted by Gasteiger charge is -2.18. The standard InChI is InChI=1S/C17H19ClN2O4S/c1-24-17(21)16(14-4-2-3-5-15(14)18)20-11-10-12-6-8-13(9-7-12)25(19,22)23/h2-9,16,20H,10-11H2,1H3,(H2,19,22,23). The molecule has 6 nitrogen and oxygen atoms in total. The van der Waals surface area contributed by atoms with Gasteiger partial charge >= 0.3 is 5.97 Å². The summed E-state index contributed by atoms with van der Waals surface area (Å²) in [6, 6.07) is 12.7. The molecule has 1 unspecified atom stereocenters. The van der Waals surface area contributed by atoms with E-state index in [1.54, 1.807) is 36.4 Å². The average Bonchev–Trinajstić information content (AvgIpc) is 2.59. The first kappa shape index (κ1) is 19.4. The molecule has 8 heteroatoms. The van der Waals surface area contributed by atoms with Crippen molar-refractivity contribution in [2.45, 2.75) is 17.4 Å². The van der Waals surface area contributed by atoms with E-state index in [1.165, 1.54) is 19.2 Å². The SMILES string of the molecule is COC(=O)C(NCCc1ccc(S(N)(=O)=O)cc1)c1ccccc1Cl. The number of primary sulfonamides is 1. The number of carbonyl (C=O) groups excluding carboxylic acids is 1. The highest BCUT2D eigenvalue weighted by atomic mass is 35.5. The first-order valence-electron chi connectivity index (χ1n) is 7.50. The van der Waals surface area contributed by atoms with Crippen LogP contribution in [0.15, 0.2) is 53.4 Å². The number of hydrogen-bond donors (Lipinski definition) is 2. The molecule has 3 N–H and O–H groups in total. The Kier molecular flexibility index (Phi) is 6.55. The molecule has 0 radical (unpaired) electrons. The summed E-state index contributed by atoms with van der Waals surface area (Å²) in [7, 11) is -2.38. The zero-order valence-electron chi connectivity index (χ0n) is 13.6. The van der Waals surface area contributed by atoms with Crippen molar-refractivity contribution < 1.29 is 17.9 Å². The Labute approximate surface area is 152 Å². The number of esters is 1. The lowest BCUT2D eigenvalue weighted by atomic mass is 10.1. The number of nitrogens with one attached hydrogen (secondary N) is 1. The molecule has 0 spiro atoms. The largest absolute Gasteiger partial charge is 0.468 e. The van der Waals surface area contributed by atoms with Crippen LogP contribution in [0.3, 0.4) is 0 Å². The summed E-state index contributed by atoms with van der Waals surface area (Å²) in [6.45, 7) is 0.472. The predicted molar refractivity (Wildman–Crippen MR) is 95.7 cm³/mol. The fraction of sp³-hybridized carbons (Fsp3) is 0.235. The van der Waals surface area contributed by atoms with E-state index in [2.05, 4.69) is 5.32 Å². The van der Waals surface area contributed by atoms with Gasteiger partial charge in [0, 0.05) is 11.6 Å². The average molecular weight is 383 g/mol. The van der Waals surface area contributed by atoms with Gasteiger partial charge in [0.15, 0.2) is 0 Å². The van der Waals surface area contributed by atoms with Crippen LogP contribution in [0, 0.1) is 0 Å². The fourth-order valence-electron chi connectivity index (χ4n) is 2.35. The van der Waals surface area contributed by atoms with Crippen LogP contribution in [-0.4, -0.2) is 28.0 Å². The summed E-state index contributed by atoms with van der Waals surface area (Å²) in [4.78, 5) is 12.1. The van der Waals surface area contributed by atoms with Crippen LogP contribution < -0.4 is 10.5 Å². The van der Waals surface area contributed by atoms with Crippen LogP contribution in [0.5, 0.6) is 0 Å². The van der Waals surface area contributed by atoms with Gasteiger partial charge in [-0.25, -0.2) is 18.4 Å². The molecular weight excluding hydrogens is 364 g/mol. The minimum Gasteiger partial charge on any atom is -0.468 e. The van der Waals surface area contributed by atoms with Crippen LogP contribution in [0.2, 0.25) is 5.02 Å². The number of ether oxygens (including phenoxy) is 1. The third kappa shape index (κ3) is 5.27. The maximum absolute atomic E-state index is 12.0. The van der Waals surface area contributed by atoms with Crippen molar-refractivity contribution in [3.63, 3.8) is 0 Å². The lowest BCUT2D eigenvalue weighted by molar-refractivity contribution is -0.143. The smallest absolute Gasteiger partial charge is 0.327 e. The normalized spacial score (nSPS) is 12.6. The van der Waals surface area contributed by atoms with Crippen LogP contribution in [0.25, 0.3) is 0 Å². The van der Waals surface area contributed by atoms with Crippen molar-refractivity contribution in [3.05, 3.63) is 64.7 Å². The number of carbonyl (C=O) groups is 1. The van der Waals surface area contributed by atoms with Crippen LogP contribution >= 0.6 is 11.6 Å². The second-order valence-electron chi connectivity index (χ2n) is 5.37. The summed E-state index contributed by atoms with van der Waals surface area (Å²) < 4.78 is 27.3. The molecule has 0 aliphatic heterocycles. The monoisotopic (exact) mass is 382 g/mol. The van der Waals surface area contributed by atoms with Gasteiger partial charge in [0.25, 0.3) is 0 Å². The van der Waals surface area contributed by atoms with Gasteiger partial charge in [0.05, 0.1) is 12.0 Å². The number of halogens is 1. The molecule has 0 aliphatic rings. The summed E-state index contributed by atoms with van der Waals surface area (Å²) in [5.41, 5.74) is 1.54. The van der Waals surface area contributed by atoms with Crippen LogP contribution in [0.1, 0.15) is 17.2 Å². The van der Waals surface area contributed by atoms with Gasteiger partial charge in [-0.3, -0.25) is 0 Å². The highest BCUT2D eigenvalue weighted by Crippen LogP contribution is 2.23. The molecule has 0 bridgehead atoms. The summed E-state index contributed by atoms with van der Waals surface area (Å²) in [5, 5.41) is 8.66. The first-order chi connectivity index (χ1) is 11.8. The molecule has 0 saturated carbocycles. The van der Waals surface area contributed by atoms with E-state index in [4.69, 9.17) is 21.5 Å². The van der Waals surface area contributed by atoms with E-state index in [9.17, 15) is 13.2 Å². The third-order valence-electron chi connectivity index (χ3n) is 3.67. The third-order valence-corrected chi connectivity index (χ3v) is 4.94. The minimum atomic E-state index is -3.70. The Morgan fingerprint density at radius 2 is 1.84 bits per heavy atom. The van der Waals surface area contributed by atoms with Crippen molar-refractivity contribution in [1.29, 1.82) is 0 Å². The van der Waals surface area contributed by atoms with Crippen LogP contribution in [0.4, 0.5) is 0 Å². The quantitative estimate of drug-likeness (QED) is 0.714. The van der Waals surface area contributed by atoms with Gasteiger partial charge in [-0.15, -0.1) is 0 Å². The van der Waals surface area contributed by atoms with Gasteiger partial charge < -0.3 is 10.1 Å². The molecular formula is C17H19ClN2O4S. The Bertz CT molecular complexity index is 838. The zero-order valence-corrected chi connectivity index (χ0v) is 15.2. The molecule has 134 valence electrons. The number of benzene rings is 2. The summed E-state index contributed by atoms with van der Waals surface area (Å²) >= 11 is 6.16. The topological polar surface area (TPSA) is 98.5 Å². The number of rotatable bonds is 7. The Hall–Kier alpha value is -1.93. The maximum Gasteiger partial charge on any atom is 0.327 e. The van der Waals surface area contributed by atoms with Gasteiger partial charge in [-0.2, -0.15) is 0 Å². The van der Waals surface area contributed by atoms with E-state index in [0.717, 1.165) is 5.56 Å². The molecule has 0 aliphatic carbocycles. The Morgan fingerprint density at radius 3 is 2.40 bits per heavy atom. The number of hydrogen-bond acceptors (Lipinski definition) is 5. The Balaban J connectivity index is 2.04. The molecule has 25 heavy (non-hydrogen) atoms. The number of nitrogens with two attached hydrogens (primary N) is 1. The molecule has 0 amide bonds. The van der Waals surface area contributed by atoms with Crippen LogP contribution in [-0.2, 0) is 26.0 Å². The van der Waals surface area contributed by atoms with Gasteiger partial charge in [0.2, 0.25) is 10.0 Å². The fourth-order valence-corrected chi connectivity index (χ4v) is 3.11. The molecule has 2 rings (SSSR count). The summed E-state index contributed by atoms with van der Waals surface area (Å²) in [6.07, 6.45) is 0.586. The molecule has 0 heterocycles. The molecule has 2 aromatic rings. The second-order valence-corrected chi connectivity index (χ2v) is 7.34. The first-order valence-corrected chi connectivity index (χ1v) is 9.42. The number of methoxy groups -OCH3 is 1. The van der Waals surface area contributed by atoms with Crippen molar-refractivity contribution in [2.24, 2.45) is 5.14 Å². The molecule has 0 fully saturated rings. The van der Waals surface area contributed by atoms with E-state index in [0.29, 0.717) is 23.6 Å². The van der Waals surface area contributed by atoms with Gasteiger partial charge in [0.1, 0.15) is 6.04 Å². The zero-order chi connectivity index (χ0) is 18.4. The van der Waals surface area contributed by atoms with E-state index >= 15 is 0 Å². The van der Waals surface area contributed by atoms with E-state index in [-0.39, 0.29) is 4.90 Å². The van der Waals surface area contributed by atoms with Crippen molar-refractivity contribution in [1.82, 2.24) is 5.32 Å². The minimum absolute atomic E-state index is 0.0627. The maximum atomic E-state index is 12.0.